The van der Waals surface area contributed by atoms with Gasteiger partial charge in [-0.15, -0.1) is 0 Å². The molecule has 0 saturated heterocycles. The van der Waals surface area contributed by atoms with Crippen molar-refractivity contribution in [2.75, 3.05) is 18.9 Å². The summed E-state index contributed by atoms with van der Waals surface area (Å²) < 4.78 is 32.5. The van der Waals surface area contributed by atoms with Crippen LogP contribution in [0, 0.1) is 0 Å². The first-order chi connectivity index (χ1) is 15.3. The Labute approximate surface area is 201 Å². The molecule has 0 spiro atoms. The molecule has 0 aliphatic rings. The minimum Gasteiger partial charge on any atom is -1.00 e. The van der Waals surface area contributed by atoms with Gasteiger partial charge in [0.2, 0.25) is 10.0 Å². The summed E-state index contributed by atoms with van der Waals surface area (Å²) in [6.45, 7) is 2.03. The molecule has 0 aromatic heterocycles. The molecular weight excluding hydrogens is 466 g/mol. The molecule has 2 rings (SSSR count). The van der Waals surface area contributed by atoms with E-state index in [-0.39, 0.29) is 50.1 Å². The number of esters is 1. The SMILES string of the molecule is CCOC(=O)[C@H](Cc1ccccc1)NS(=O)(=O)CCCNC(=O)[C@@H]([NH3+])Cc1ccccc1.[Cl-]. The highest BCUT2D eigenvalue weighted by Crippen LogP contribution is 2.07. The van der Waals surface area contributed by atoms with Crippen LogP contribution in [0.3, 0.4) is 0 Å². The van der Waals surface area contributed by atoms with E-state index in [1.165, 1.54) is 0 Å². The Balaban J connectivity index is 0.00000544. The van der Waals surface area contributed by atoms with Crippen molar-refractivity contribution >= 4 is 21.9 Å². The lowest BCUT2D eigenvalue weighted by Crippen LogP contribution is -3.00. The second-order valence-electron chi connectivity index (χ2n) is 7.46. The molecule has 0 bridgehead atoms. The summed E-state index contributed by atoms with van der Waals surface area (Å²) >= 11 is 0. The lowest BCUT2D eigenvalue weighted by Gasteiger charge is -2.17. The van der Waals surface area contributed by atoms with E-state index >= 15 is 0 Å². The van der Waals surface area contributed by atoms with Crippen LogP contribution in [0.15, 0.2) is 60.7 Å². The van der Waals surface area contributed by atoms with Crippen LogP contribution in [0.1, 0.15) is 24.5 Å². The summed E-state index contributed by atoms with van der Waals surface area (Å²) in [6.07, 6.45) is 0.908. The monoisotopic (exact) mass is 497 g/mol. The number of benzene rings is 2. The average Bonchev–Trinajstić information content (AvgIpc) is 2.77. The number of halogens is 1. The Morgan fingerprint density at radius 3 is 2.06 bits per heavy atom. The molecule has 10 heteroatoms. The van der Waals surface area contributed by atoms with Crippen LogP contribution in [0.2, 0.25) is 0 Å². The Morgan fingerprint density at radius 1 is 0.970 bits per heavy atom. The first kappa shape index (κ1) is 28.6. The van der Waals surface area contributed by atoms with Gasteiger partial charge in [0, 0.05) is 13.0 Å². The van der Waals surface area contributed by atoms with Gasteiger partial charge in [0.25, 0.3) is 5.91 Å². The molecule has 2 atom stereocenters. The summed E-state index contributed by atoms with van der Waals surface area (Å²) in [5.41, 5.74) is 5.71. The fraction of sp³-hybridized carbons (Fsp3) is 0.391. The Kier molecular flexibility index (Phi) is 12.7. The fourth-order valence-electron chi connectivity index (χ4n) is 3.15. The van der Waals surface area contributed by atoms with Crippen LogP contribution in [-0.2, 0) is 37.2 Å². The first-order valence-electron chi connectivity index (χ1n) is 10.7. The molecule has 0 heterocycles. The molecule has 0 aliphatic carbocycles. The topological polar surface area (TPSA) is 129 Å². The molecule has 0 unspecified atom stereocenters. The van der Waals surface area contributed by atoms with E-state index < -0.39 is 28.1 Å². The molecule has 33 heavy (non-hydrogen) atoms. The summed E-state index contributed by atoms with van der Waals surface area (Å²) in [4.78, 5) is 24.5. The zero-order valence-corrected chi connectivity index (χ0v) is 20.3. The normalized spacial score (nSPS) is 12.8. The summed E-state index contributed by atoms with van der Waals surface area (Å²) in [5.74, 6) is -1.07. The maximum absolute atomic E-state index is 12.5. The van der Waals surface area contributed by atoms with Gasteiger partial charge in [-0.3, -0.25) is 9.59 Å². The minimum atomic E-state index is -3.75. The van der Waals surface area contributed by atoms with Crippen LogP contribution in [0.5, 0.6) is 0 Å². The lowest BCUT2D eigenvalue weighted by molar-refractivity contribution is -0.403. The van der Waals surface area contributed by atoms with Gasteiger partial charge in [-0.25, -0.2) is 13.1 Å². The predicted molar refractivity (Wildman–Crippen MR) is 122 cm³/mol. The van der Waals surface area contributed by atoms with Gasteiger partial charge < -0.3 is 28.2 Å². The van der Waals surface area contributed by atoms with Crippen molar-refractivity contribution in [2.45, 2.75) is 38.3 Å². The molecule has 0 saturated carbocycles. The first-order valence-corrected chi connectivity index (χ1v) is 12.3. The lowest BCUT2D eigenvalue weighted by atomic mass is 10.1. The van der Waals surface area contributed by atoms with Crippen LogP contribution >= 0.6 is 0 Å². The van der Waals surface area contributed by atoms with Gasteiger partial charge in [-0.2, -0.15) is 0 Å². The minimum absolute atomic E-state index is 0. The fourth-order valence-corrected chi connectivity index (χ4v) is 4.41. The summed E-state index contributed by atoms with van der Waals surface area (Å²) in [7, 11) is -3.75. The summed E-state index contributed by atoms with van der Waals surface area (Å²) in [6, 6.07) is 17.2. The number of rotatable bonds is 13. The third-order valence-corrected chi connectivity index (χ3v) is 6.23. The molecular formula is C23H32ClN3O5S. The maximum atomic E-state index is 12.5. The smallest absolute Gasteiger partial charge is 0.324 e. The van der Waals surface area contributed by atoms with E-state index in [1.54, 1.807) is 6.92 Å². The third-order valence-electron chi connectivity index (χ3n) is 4.76. The molecule has 5 N–H and O–H groups in total. The number of carbonyl (C=O) groups excluding carboxylic acids is 2. The van der Waals surface area contributed by atoms with Crippen LogP contribution in [-0.4, -0.2) is 51.3 Å². The quantitative estimate of drug-likeness (QED) is 0.207. The average molecular weight is 498 g/mol. The van der Waals surface area contributed by atoms with E-state index in [1.807, 2.05) is 60.7 Å². The maximum Gasteiger partial charge on any atom is 0.324 e. The van der Waals surface area contributed by atoms with Crippen LogP contribution < -0.4 is 28.2 Å². The van der Waals surface area contributed by atoms with E-state index in [0.29, 0.717) is 6.42 Å². The van der Waals surface area contributed by atoms with Gasteiger partial charge >= 0.3 is 5.97 Å². The van der Waals surface area contributed by atoms with Crippen molar-refractivity contribution < 1.29 is 40.9 Å². The molecule has 1 amide bonds. The molecule has 0 aliphatic heterocycles. The second-order valence-corrected chi connectivity index (χ2v) is 9.34. The molecule has 2 aromatic carbocycles. The second kappa shape index (κ2) is 14.6. The standard InChI is InChI=1S/C23H31N3O5S.ClH/c1-2-31-23(28)21(17-19-12-7-4-8-13-19)26-32(29,30)15-9-14-25-22(27)20(24)16-18-10-5-3-6-11-18;/h3-8,10-13,20-21,26H,2,9,14-17,24H2,1H3,(H,25,27);1H/t20-,21-;/m0./s1. The van der Waals surface area contributed by atoms with E-state index in [4.69, 9.17) is 4.74 Å². The number of hydrogen-bond donors (Lipinski definition) is 3. The molecule has 8 nitrogen and oxygen atoms in total. The Bertz CT molecular complexity index is 959. The van der Waals surface area contributed by atoms with Gasteiger partial charge in [0.15, 0.2) is 6.04 Å². The number of amides is 1. The van der Waals surface area contributed by atoms with Crippen molar-refractivity contribution in [1.29, 1.82) is 0 Å². The molecule has 2 aromatic rings. The summed E-state index contributed by atoms with van der Waals surface area (Å²) in [5, 5.41) is 2.73. The predicted octanol–water partition coefficient (Wildman–Crippen LogP) is -2.56. The number of hydrogen-bond acceptors (Lipinski definition) is 5. The highest BCUT2D eigenvalue weighted by molar-refractivity contribution is 7.89. The van der Waals surface area contributed by atoms with E-state index in [0.717, 1.165) is 11.1 Å². The Morgan fingerprint density at radius 2 is 1.52 bits per heavy atom. The largest absolute Gasteiger partial charge is 1.00 e. The van der Waals surface area contributed by atoms with Crippen LogP contribution in [0.4, 0.5) is 0 Å². The van der Waals surface area contributed by atoms with Gasteiger partial charge in [-0.1, -0.05) is 60.7 Å². The van der Waals surface area contributed by atoms with Gasteiger partial charge in [0.05, 0.1) is 12.4 Å². The zero-order valence-electron chi connectivity index (χ0n) is 18.7. The van der Waals surface area contributed by atoms with Crippen molar-refractivity contribution in [3.8, 4) is 0 Å². The number of ether oxygens (including phenoxy) is 1. The number of sulfonamides is 1. The number of quaternary nitrogens is 1. The zero-order chi connectivity index (χ0) is 23.4. The third kappa shape index (κ3) is 10.8. The van der Waals surface area contributed by atoms with Crippen molar-refractivity contribution in [3.05, 3.63) is 71.8 Å². The van der Waals surface area contributed by atoms with E-state index in [9.17, 15) is 18.0 Å². The molecule has 0 fully saturated rings. The van der Waals surface area contributed by atoms with Crippen LogP contribution in [0.25, 0.3) is 0 Å². The highest BCUT2D eigenvalue weighted by atomic mass is 35.5. The van der Waals surface area contributed by atoms with Crippen molar-refractivity contribution in [3.63, 3.8) is 0 Å². The van der Waals surface area contributed by atoms with Crippen molar-refractivity contribution in [2.24, 2.45) is 0 Å². The van der Waals surface area contributed by atoms with Crippen molar-refractivity contribution in [1.82, 2.24) is 10.0 Å². The Hall–Kier alpha value is -2.46. The molecule has 0 radical (unpaired) electrons. The number of carbonyl (C=O) groups is 2. The van der Waals surface area contributed by atoms with Gasteiger partial charge in [0.1, 0.15) is 6.04 Å². The van der Waals surface area contributed by atoms with Gasteiger partial charge in [-0.05, 0) is 30.9 Å². The molecule has 182 valence electrons. The number of nitrogens with one attached hydrogen (secondary N) is 2. The van der Waals surface area contributed by atoms with E-state index in [2.05, 4.69) is 15.8 Å². The highest BCUT2D eigenvalue weighted by Gasteiger charge is 2.26.